The molecule has 0 spiro atoms. The van der Waals surface area contributed by atoms with E-state index in [0.29, 0.717) is 9.26 Å². The molecule has 3 N–H and O–H groups in total. The number of carboxylic acid groups (broad SMARTS) is 1. The van der Waals surface area contributed by atoms with E-state index in [-0.39, 0.29) is 24.0 Å². The summed E-state index contributed by atoms with van der Waals surface area (Å²) in [4.78, 5) is 37.0. The van der Waals surface area contributed by atoms with E-state index < -0.39 is 24.0 Å². The second-order valence-electron chi connectivity index (χ2n) is 8.68. The smallest absolute Gasteiger partial charge is 0.407 e. The summed E-state index contributed by atoms with van der Waals surface area (Å²) in [6.07, 6.45) is -0.685. The van der Waals surface area contributed by atoms with Gasteiger partial charge in [0.05, 0.1) is 11.3 Å². The molecule has 0 aromatic heterocycles. The van der Waals surface area contributed by atoms with Crippen molar-refractivity contribution in [3.63, 3.8) is 0 Å². The first-order valence-electron chi connectivity index (χ1n) is 11.2. The van der Waals surface area contributed by atoms with Crippen LogP contribution in [0, 0.1) is 9.49 Å². The number of carboxylic acids is 1. The summed E-state index contributed by atoms with van der Waals surface area (Å²) >= 11 is 2.02. The Morgan fingerprint density at radius 1 is 0.971 bits per heavy atom. The highest BCUT2D eigenvalue weighted by Crippen LogP contribution is 2.44. The Morgan fingerprint density at radius 2 is 1.57 bits per heavy atom. The van der Waals surface area contributed by atoms with Gasteiger partial charge in [0, 0.05) is 9.49 Å². The zero-order chi connectivity index (χ0) is 25.1. The molecule has 1 aliphatic rings. The van der Waals surface area contributed by atoms with Crippen molar-refractivity contribution in [1.82, 2.24) is 5.32 Å². The van der Waals surface area contributed by atoms with Gasteiger partial charge in [-0.3, -0.25) is 4.79 Å². The third-order valence-corrected chi connectivity index (χ3v) is 6.98. The van der Waals surface area contributed by atoms with Crippen molar-refractivity contribution >= 4 is 46.2 Å². The number of carbonyl (C=O) groups is 3. The zero-order valence-electron chi connectivity index (χ0n) is 19.2. The molecule has 0 saturated heterocycles. The number of halogens is 1. The van der Waals surface area contributed by atoms with Crippen LogP contribution in [0.25, 0.3) is 11.1 Å². The Hall–Kier alpha value is -3.40. The minimum absolute atomic E-state index is 0.0614. The molecule has 8 heteroatoms. The number of hydrogen-bond donors (Lipinski definition) is 3. The summed E-state index contributed by atoms with van der Waals surface area (Å²) in [5.41, 5.74) is 4.91. The molecule has 0 unspecified atom stereocenters. The SMILES string of the molecule is CC(C)[C@H](NC(=O)OCC1c2ccccc2-c2ccccc21)C(=O)Nc1cc(C(=O)O)ccc1I. The van der Waals surface area contributed by atoms with Crippen LogP contribution in [0.15, 0.2) is 66.7 Å². The molecule has 3 aromatic rings. The molecule has 4 rings (SSSR count). The van der Waals surface area contributed by atoms with Gasteiger partial charge in [0.25, 0.3) is 0 Å². The maximum absolute atomic E-state index is 13.0. The predicted octanol–water partition coefficient (Wildman–Crippen LogP) is 5.49. The van der Waals surface area contributed by atoms with Crippen LogP contribution in [0.5, 0.6) is 0 Å². The van der Waals surface area contributed by atoms with Gasteiger partial charge in [-0.05, 0) is 69.0 Å². The van der Waals surface area contributed by atoms with E-state index in [4.69, 9.17) is 4.74 Å². The number of hydrogen-bond acceptors (Lipinski definition) is 4. The molecular weight excluding hydrogens is 559 g/mol. The number of benzene rings is 3. The predicted molar refractivity (Wildman–Crippen MR) is 142 cm³/mol. The van der Waals surface area contributed by atoms with Crippen LogP contribution in [-0.4, -0.2) is 35.7 Å². The van der Waals surface area contributed by atoms with Crippen LogP contribution in [0.2, 0.25) is 0 Å². The Kier molecular flexibility index (Phi) is 7.39. The van der Waals surface area contributed by atoms with Crippen LogP contribution in [0.1, 0.15) is 41.3 Å². The molecule has 1 atom stereocenters. The molecule has 180 valence electrons. The lowest BCUT2D eigenvalue weighted by atomic mass is 9.98. The fraction of sp³-hybridized carbons (Fsp3) is 0.222. The maximum atomic E-state index is 13.0. The van der Waals surface area contributed by atoms with Crippen molar-refractivity contribution < 1.29 is 24.2 Å². The lowest BCUT2D eigenvalue weighted by Gasteiger charge is -2.22. The van der Waals surface area contributed by atoms with Crippen LogP contribution in [0.4, 0.5) is 10.5 Å². The van der Waals surface area contributed by atoms with E-state index in [1.165, 1.54) is 12.1 Å². The van der Waals surface area contributed by atoms with E-state index >= 15 is 0 Å². The summed E-state index contributed by atoms with van der Waals surface area (Å²) in [5, 5.41) is 14.6. The molecule has 0 radical (unpaired) electrons. The first-order chi connectivity index (χ1) is 16.8. The number of amides is 2. The largest absolute Gasteiger partial charge is 0.478 e. The second-order valence-corrected chi connectivity index (χ2v) is 9.84. The standard InChI is InChI=1S/C27H25IN2O5/c1-15(2)24(25(31)29-23-13-16(26(32)33)11-12-22(23)28)30-27(34)35-14-21-19-9-5-3-7-17(19)18-8-4-6-10-20(18)21/h3-13,15,21,24H,14H2,1-2H3,(H,29,31)(H,30,34)(H,32,33)/t24-/m0/s1. The third kappa shape index (κ3) is 5.32. The summed E-state index contributed by atoms with van der Waals surface area (Å²) in [6, 6.07) is 19.7. The normalized spacial score (nSPS) is 13.0. The lowest BCUT2D eigenvalue weighted by Crippen LogP contribution is -2.47. The molecular formula is C27H25IN2O5. The molecule has 0 saturated carbocycles. The molecule has 35 heavy (non-hydrogen) atoms. The van der Waals surface area contributed by atoms with Gasteiger partial charge >= 0.3 is 12.1 Å². The number of anilines is 1. The van der Waals surface area contributed by atoms with Crippen LogP contribution in [-0.2, 0) is 9.53 Å². The summed E-state index contributed by atoms with van der Waals surface area (Å²) < 4.78 is 6.27. The number of fused-ring (bicyclic) bond motifs is 3. The number of alkyl carbamates (subject to hydrolysis) is 1. The van der Waals surface area contributed by atoms with Gasteiger partial charge in [0.1, 0.15) is 12.6 Å². The Morgan fingerprint density at radius 3 is 2.14 bits per heavy atom. The fourth-order valence-electron chi connectivity index (χ4n) is 4.27. The number of ether oxygens (including phenoxy) is 1. The zero-order valence-corrected chi connectivity index (χ0v) is 21.4. The van der Waals surface area contributed by atoms with E-state index in [1.807, 2.05) is 72.8 Å². The van der Waals surface area contributed by atoms with E-state index in [0.717, 1.165) is 22.3 Å². The van der Waals surface area contributed by atoms with E-state index in [2.05, 4.69) is 22.8 Å². The van der Waals surface area contributed by atoms with Crippen molar-refractivity contribution in [2.75, 3.05) is 11.9 Å². The van der Waals surface area contributed by atoms with E-state index in [9.17, 15) is 19.5 Å². The Bertz CT molecular complexity index is 1240. The molecule has 1 aliphatic carbocycles. The van der Waals surface area contributed by atoms with Gasteiger partial charge in [0.2, 0.25) is 5.91 Å². The Balaban J connectivity index is 1.43. The molecule has 2 amide bonds. The average Bonchev–Trinajstić information content (AvgIpc) is 3.16. The first kappa shape index (κ1) is 24.7. The minimum atomic E-state index is -1.09. The first-order valence-corrected chi connectivity index (χ1v) is 12.3. The Labute approximate surface area is 217 Å². The van der Waals surface area contributed by atoms with Crippen LogP contribution >= 0.6 is 22.6 Å². The number of rotatable bonds is 7. The number of nitrogens with one attached hydrogen (secondary N) is 2. The van der Waals surface area contributed by atoms with Gasteiger partial charge in [0.15, 0.2) is 0 Å². The number of aromatic carboxylic acids is 1. The fourth-order valence-corrected chi connectivity index (χ4v) is 4.74. The lowest BCUT2D eigenvalue weighted by molar-refractivity contribution is -0.119. The summed E-state index contributed by atoms with van der Waals surface area (Å²) in [7, 11) is 0. The molecule has 0 fully saturated rings. The second kappa shape index (κ2) is 10.5. The maximum Gasteiger partial charge on any atom is 0.407 e. The molecule has 0 heterocycles. The van der Waals surface area contributed by atoms with Gasteiger partial charge in [-0.2, -0.15) is 0 Å². The van der Waals surface area contributed by atoms with Crippen molar-refractivity contribution in [2.45, 2.75) is 25.8 Å². The van der Waals surface area contributed by atoms with Gasteiger partial charge in [-0.15, -0.1) is 0 Å². The minimum Gasteiger partial charge on any atom is -0.478 e. The van der Waals surface area contributed by atoms with Crippen LogP contribution in [0.3, 0.4) is 0 Å². The van der Waals surface area contributed by atoms with Crippen LogP contribution < -0.4 is 10.6 Å². The van der Waals surface area contributed by atoms with Crippen molar-refractivity contribution in [3.8, 4) is 11.1 Å². The van der Waals surface area contributed by atoms with Gasteiger partial charge < -0.3 is 20.5 Å². The molecule has 0 aliphatic heterocycles. The highest BCUT2D eigenvalue weighted by atomic mass is 127. The summed E-state index contributed by atoms with van der Waals surface area (Å²) in [5.74, 6) is -1.85. The van der Waals surface area contributed by atoms with Gasteiger partial charge in [-0.1, -0.05) is 62.4 Å². The molecule has 7 nitrogen and oxygen atoms in total. The highest BCUT2D eigenvalue weighted by molar-refractivity contribution is 14.1. The van der Waals surface area contributed by atoms with Crippen molar-refractivity contribution in [2.24, 2.45) is 5.92 Å². The topological polar surface area (TPSA) is 105 Å². The quantitative estimate of drug-likeness (QED) is 0.319. The third-order valence-electron chi connectivity index (χ3n) is 6.04. The average molecular weight is 584 g/mol. The van der Waals surface area contributed by atoms with Crippen molar-refractivity contribution in [3.05, 3.63) is 87.0 Å². The van der Waals surface area contributed by atoms with E-state index in [1.54, 1.807) is 6.07 Å². The summed E-state index contributed by atoms with van der Waals surface area (Å²) in [6.45, 7) is 3.77. The van der Waals surface area contributed by atoms with Gasteiger partial charge in [-0.25, -0.2) is 9.59 Å². The van der Waals surface area contributed by atoms with Crippen molar-refractivity contribution in [1.29, 1.82) is 0 Å². The highest BCUT2D eigenvalue weighted by Gasteiger charge is 2.30. The monoisotopic (exact) mass is 584 g/mol. The molecule has 0 bridgehead atoms. The number of carbonyl (C=O) groups excluding carboxylic acids is 2. The molecule has 3 aromatic carbocycles.